The molecule has 1 unspecified atom stereocenters. The van der Waals surface area contributed by atoms with E-state index in [1.165, 1.54) is 5.01 Å². The van der Waals surface area contributed by atoms with Crippen LogP contribution in [0.15, 0.2) is 29.5 Å². The fraction of sp³-hybridized carbons (Fsp3) is 0.429. The second kappa shape index (κ2) is 6.27. The molecule has 1 aliphatic rings. The van der Waals surface area contributed by atoms with Crippen LogP contribution in [-0.2, 0) is 9.59 Å². The molecule has 1 aliphatic heterocycles. The van der Waals surface area contributed by atoms with Crippen LogP contribution in [0.3, 0.4) is 0 Å². The summed E-state index contributed by atoms with van der Waals surface area (Å²) in [6, 6.07) is 5.22. The first-order valence-electron chi connectivity index (χ1n) is 6.73. The van der Waals surface area contributed by atoms with E-state index in [0.717, 1.165) is 12.8 Å². The molecule has 1 aromatic heterocycles. The summed E-state index contributed by atoms with van der Waals surface area (Å²) in [6.07, 6.45) is 3.47. The van der Waals surface area contributed by atoms with Crippen LogP contribution in [0.1, 0.15) is 26.7 Å². The van der Waals surface area contributed by atoms with Crippen LogP contribution in [0.5, 0.6) is 0 Å². The van der Waals surface area contributed by atoms with E-state index in [1.807, 2.05) is 6.92 Å². The van der Waals surface area contributed by atoms with Crippen LogP contribution in [0.25, 0.3) is 0 Å². The van der Waals surface area contributed by atoms with Crippen molar-refractivity contribution in [2.75, 3.05) is 11.6 Å². The number of hydrogen-bond acceptors (Lipinski definition) is 4. The summed E-state index contributed by atoms with van der Waals surface area (Å²) in [4.78, 5) is 28.4. The van der Waals surface area contributed by atoms with Gasteiger partial charge in [-0.3, -0.25) is 9.59 Å². The molecule has 0 spiro atoms. The van der Waals surface area contributed by atoms with Crippen molar-refractivity contribution in [3.05, 3.63) is 24.4 Å². The average Bonchev–Trinajstić information content (AvgIpc) is 2.75. The molecule has 2 rings (SSSR count). The zero-order valence-corrected chi connectivity index (χ0v) is 11.7. The fourth-order valence-corrected chi connectivity index (χ4v) is 2.00. The molecular weight excluding hydrogens is 256 g/mol. The van der Waals surface area contributed by atoms with E-state index in [2.05, 4.69) is 15.4 Å². The number of hydrogen-bond donors (Lipinski definition) is 1. The number of anilines is 1. The molecule has 2 heterocycles. The maximum absolute atomic E-state index is 12.3. The van der Waals surface area contributed by atoms with Gasteiger partial charge in [0.2, 0.25) is 5.91 Å². The summed E-state index contributed by atoms with van der Waals surface area (Å²) in [6.45, 7) is 4.31. The van der Waals surface area contributed by atoms with E-state index in [0.29, 0.717) is 18.1 Å². The normalized spacial score (nSPS) is 18.1. The van der Waals surface area contributed by atoms with E-state index < -0.39 is 5.92 Å². The summed E-state index contributed by atoms with van der Waals surface area (Å²) < 4.78 is 0. The van der Waals surface area contributed by atoms with Crippen LogP contribution in [0, 0.1) is 5.92 Å². The lowest BCUT2D eigenvalue weighted by Gasteiger charge is -2.13. The van der Waals surface area contributed by atoms with Gasteiger partial charge in [0.15, 0.2) is 11.7 Å². The molecule has 20 heavy (non-hydrogen) atoms. The summed E-state index contributed by atoms with van der Waals surface area (Å²) in [5.41, 5.74) is 0.495. The quantitative estimate of drug-likeness (QED) is 0.650. The lowest BCUT2D eigenvalue weighted by atomic mass is 10.0. The molecule has 1 atom stereocenters. The molecule has 6 nitrogen and oxygen atoms in total. The molecule has 0 saturated carbocycles. The number of nitrogens with zero attached hydrogens (tertiary/aromatic N) is 3. The number of pyridine rings is 1. The van der Waals surface area contributed by atoms with E-state index in [-0.39, 0.29) is 11.8 Å². The van der Waals surface area contributed by atoms with Gasteiger partial charge in [0.1, 0.15) is 0 Å². The number of aromatic nitrogens is 1. The molecule has 1 N–H and O–H groups in total. The number of rotatable bonds is 5. The van der Waals surface area contributed by atoms with Gasteiger partial charge in [-0.2, -0.15) is 10.1 Å². The molecule has 106 valence electrons. The van der Waals surface area contributed by atoms with Gasteiger partial charge in [0, 0.05) is 12.7 Å². The first-order valence-corrected chi connectivity index (χ1v) is 6.73. The summed E-state index contributed by atoms with van der Waals surface area (Å²) >= 11 is 0. The van der Waals surface area contributed by atoms with Crippen LogP contribution in [0.4, 0.5) is 5.82 Å². The van der Waals surface area contributed by atoms with Crippen LogP contribution >= 0.6 is 0 Å². The standard InChI is InChI=1S/C14H18N4O2/c1-3-4-8-16-13(19)12-10(2)17-18(14(12)20)11-7-5-6-9-15-11/h5-7,9,12H,3-4,8H2,1-2H3,(H,16,19). The van der Waals surface area contributed by atoms with Crippen LogP contribution in [-0.4, -0.2) is 29.1 Å². The Balaban J connectivity index is 2.09. The number of carbonyl (C=O) groups excluding carboxylic acids is 2. The minimum atomic E-state index is -0.839. The van der Waals surface area contributed by atoms with Gasteiger partial charge < -0.3 is 5.32 Å². The maximum atomic E-state index is 12.3. The third kappa shape index (κ3) is 2.84. The summed E-state index contributed by atoms with van der Waals surface area (Å²) in [5, 5.41) is 8.11. The fourth-order valence-electron chi connectivity index (χ4n) is 2.00. The molecule has 6 heteroatoms. The average molecular weight is 274 g/mol. The Kier molecular flexibility index (Phi) is 4.45. The van der Waals surface area contributed by atoms with Crippen molar-refractivity contribution in [2.24, 2.45) is 11.0 Å². The minimum absolute atomic E-state index is 0.289. The first-order chi connectivity index (χ1) is 9.65. The third-order valence-corrected chi connectivity index (χ3v) is 3.09. The van der Waals surface area contributed by atoms with E-state index in [1.54, 1.807) is 31.3 Å². The topological polar surface area (TPSA) is 74.7 Å². The Morgan fingerprint density at radius 2 is 2.25 bits per heavy atom. The highest BCUT2D eigenvalue weighted by Gasteiger charge is 2.39. The predicted molar refractivity (Wildman–Crippen MR) is 76.2 cm³/mol. The second-order valence-electron chi connectivity index (χ2n) is 4.66. The van der Waals surface area contributed by atoms with Crippen LogP contribution in [0.2, 0.25) is 0 Å². The number of hydrazone groups is 1. The Bertz CT molecular complexity index is 527. The predicted octanol–water partition coefficient (Wildman–Crippen LogP) is 1.34. The Labute approximate surface area is 117 Å². The Morgan fingerprint density at radius 3 is 2.90 bits per heavy atom. The third-order valence-electron chi connectivity index (χ3n) is 3.09. The van der Waals surface area contributed by atoms with Gasteiger partial charge in [-0.05, 0) is 25.5 Å². The molecule has 0 saturated heterocycles. The monoisotopic (exact) mass is 274 g/mol. The van der Waals surface area contributed by atoms with Gasteiger partial charge in [-0.1, -0.05) is 19.4 Å². The summed E-state index contributed by atoms with van der Waals surface area (Å²) in [7, 11) is 0. The number of nitrogens with one attached hydrogen (secondary N) is 1. The molecule has 0 bridgehead atoms. The first kappa shape index (κ1) is 14.2. The highest BCUT2D eigenvalue weighted by atomic mass is 16.2. The smallest absolute Gasteiger partial charge is 0.267 e. The molecule has 0 aromatic carbocycles. The number of carbonyl (C=O) groups is 2. The minimum Gasteiger partial charge on any atom is -0.355 e. The molecule has 2 amide bonds. The zero-order chi connectivity index (χ0) is 14.5. The van der Waals surface area contributed by atoms with Crippen molar-refractivity contribution < 1.29 is 9.59 Å². The van der Waals surface area contributed by atoms with E-state index in [9.17, 15) is 9.59 Å². The highest BCUT2D eigenvalue weighted by molar-refractivity contribution is 6.26. The molecule has 0 fully saturated rings. The molecule has 1 aromatic rings. The molecule has 0 radical (unpaired) electrons. The van der Waals surface area contributed by atoms with Gasteiger partial charge in [-0.25, -0.2) is 4.98 Å². The van der Waals surface area contributed by atoms with Crippen molar-refractivity contribution in [3.63, 3.8) is 0 Å². The SMILES string of the molecule is CCCCNC(=O)C1C(=O)N(c2ccccn2)N=C1C. The Hall–Kier alpha value is -2.24. The van der Waals surface area contributed by atoms with Crippen molar-refractivity contribution in [2.45, 2.75) is 26.7 Å². The van der Waals surface area contributed by atoms with E-state index >= 15 is 0 Å². The lowest BCUT2D eigenvalue weighted by molar-refractivity contribution is -0.130. The van der Waals surface area contributed by atoms with Gasteiger partial charge in [0.05, 0.1) is 5.71 Å². The van der Waals surface area contributed by atoms with Gasteiger partial charge in [0.25, 0.3) is 5.91 Å². The highest BCUT2D eigenvalue weighted by Crippen LogP contribution is 2.21. The summed E-state index contributed by atoms with van der Waals surface area (Å²) in [5.74, 6) is -1.05. The maximum Gasteiger partial charge on any atom is 0.267 e. The van der Waals surface area contributed by atoms with Crippen LogP contribution < -0.4 is 10.3 Å². The number of unbranched alkanes of at least 4 members (excludes halogenated alkanes) is 1. The number of amides is 2. The van der Waals surface area contributed by atoms with Crippen molar-refractivity contribution >= 4 is 23.3 Å². The molecule has 0 aliphatic carbocycles. The van der Waals surface area contributed by atoms with E-state index in [4.69, 9.17) is 0 Å². The van der Waals surface area contributed by atoms with Crippen molar-refractivity contribution in [3.8, 4) is 0 Å². The largest absolute Gasteiger partial charge is 0.355 e. The molecular formula is C14H18N4O2. The Morgan fingerprint density at radius 1 is 1.45 bits per heavy atom. The van der Waals surface area contributed by atoms with Crippen molar-refractivity contribution in [1.82, 2.24) is 10.3 Å². The van der Waals surface area contributed by atoms with Gasteiger partial charge >= 0.3 is 0 Å². The zero-order valence-electron chi connectivity index (χ0n) is 11.7. The second-order valence-corrected chi connectivity index (χ2v) is 4.66. The van der Waals surface area contributed by atoms with Gasteiger partial charge in [-0.15, -0.1) is 0 Å². The van der Waals surface area contributed by atoms with Crippen molar-refractivity contribution in [1.29, 1.82) is 0 Å². The lowest BCUT2D eigenvalue weighted by Crippen LogP contribution is -2.40.